The lowest BCUT2D eigenvalue weighted by Gasteiger charge is -2.28. The number of rotatable bonds is 3. The van der Waals surface area contributed by atoms with Gasteiger partial charge in [0.25, 0.3) is 0 Å². The summed E-state index contributed by atoms with van der Waals surface area (Å²) in [6, 6.07) is 3.68. The van der Waals surface area contributed by atoms with Gasteiger partial charge in [-0.15, -0.1) is 0 Å². The highest BCUT2D eigenvalue weighted by Crippen LogP contribution is 2.44. The van der Waals surface area contributed by atoms with Crippen molar-refractivity contribution in [1.29, 1.82) is 0 Å². The largest absolute Gasteiger partial charge is 0.459 e. The number of nitrogens with one attached hydrogen (secondary N) is 1. The molecule has 6 nitrogen and oxygen atoms in total. The zero-order chi connectivity index (χ0) is 19.7. The van der Waals surface area contributed by atoms with Crippen LogP contribution in [0.2, 0.25) is 0 Å². The molecule has 1 fully saturated rings. The van der Waals surface area contributed by atoms with E-state index in [1.165, 1.54) is 12.8 Å². The van der Waals surface area contributed by atoms with Gasteiger partial charge in [0, 0.05) is 22.5 Å². The first-order valence-corrected chi connectivity index (χ1v) is 10.6. The molecule has 7 heteroatoms. The molecule has 1 N–H and O–H groups in total. The van der Waals surface area contributed by atoms with E-state index in [-0.39, 0.29) is 31.2 Å². The van der Waals surface area contributed by atoms with E-state index in [0.717, 1.165) is 35.7 Å². The second-order valence-corrected chi connectivity index (χ2v) is 8.44. The number of hydrogen-bond donors (Lipinski definition) is 1. The van der Waals surface area contributed by atoms with Crippen LogP contribution in [-0.2, 0) is 14.3 Å². The Labute approximate surface area is 172 Å². The van der Waals surface area contributed by atoms with Crippen LogP contribution in [0.15, 0.2) is 27.9 Å². The van der Waals surface area contributed by atoms with E-state index >= 15 is 0 Å². The van der Waals surface area contributed by atoms with E-state index in [0.29, 0.717) is 22.8 Å². The third-order valence-corrected chi connectivity index (χ3v) is 6.32. The van der Waals surface area contributed by atoms with Crippen molar-refractivity contribution in [3.63, 3.8) is 0 Å². The van der Waals surface area contributed by atoms with Crippen LogP contribution in [0.25, 0.3) is 0 Å². The highest BCUT2D eigenvalue weighted by Gasteiger charge is 2.36. The number of benzene rings is 1. The summed E-state index contributed by atoms with van der Waals surface area (Å²) in [5.41, 5.74) is 1.90. The van der Waals surface area contributed by atoms with Crippen molar-refractivity contribution in [2.75, 3.05) is 6.79 Å². The van der Waals surface area contributed by atoms with E-state index in [4.69, 9.17) is 14.2 Å². The lowest BCUT2D eigenvalue weighted by Crippen LogP contribution is -2.35. The fourth-order valence-electron chi connectivity index (χ4n) is 4.21. The predicted octanol–water partition coefficient (Wildman–Crippen LogP) is 4.32. The van der Waals surface area contributed by atoms with Gasteiger partial charge in [0.15, 0.2) is 11.5 Å². The SMILES string of the molecule is CC1=C(C(=O)OC2CCCCCC2)[C@@H](c2cc3c(cc2Br)OCO3)CC(=O)N1. The summed E-state index contributed by atoms with van der Waals surface area (Å²) in [4.78, 5) is 25.4. The van der Waals surface area contributed by atoms with Gasteiger partial charge in [0.05, 0.1) is 5.57 Å². The minimum Gasteiger partial charge on any atom is -0.459 e. The van der Waals surface area contributed by atoms with E-state index in [1.807, 2.05) is 12.1 Å². The Bertz CT molecular complexity index is 826. The van der Waals surface area contributed by atoms with Gasteiger partial charge in [-0.2, -0.15) is 0 Å². The quantitative estimate of drug-likeness (QED) is 0.549. The smallest absolute Gasteiger partial charge is 0.336 e. The number of allylic oxidation sites excluding steroid dienone is 1. The van der Waals surface area contributed by atoms with Gasteiger partial charge in [-0.3, -0.25) is 4.79 Å². The van der Waals surface area contributed by atoms with Crippen LogP contribution in [0.1, 0.15) is 63.4 Å². The summed E-state index contributed by atoms with van der Waals surface area (Å²) in [5.74, 6) is 0.436. The molecule has 1 amide bonds. The third-order valence-electron chi connectivity index (χ3n) is 5.63. The molecular weight excluding hydrogens is 426 g/mol. The molecule has 0 radical (unpaired) electrons. The molecule has 0 unspecified atom stereocenters. The first-order chi connectivity index (χ1) is 13.5. The number of carbonyl (C=O) groups is 2. The molecular formula is C21H24BrNO5. The van der Waals surface area contributed by atoms with Crippen LogP contribution in [0.5, 0.6) is 11.5 Å². The monoisotopic (exact) mass is 449 g/mol. The predicted molar refractivity (Wildman–Crippen MR) is 106 cm³/mol. The molecule has 1 atom stereocenters. The van der Waals surface area contributed by atoms with E-state index in [1.54, 1.807) is 6.92 Å². The number of fused-ring (bicyclic) bond motifs is 1. The molecule has 0 saturated heterocycles. The maximum absolute atomic E-state index is 13.1. The lowest BCUT2D eigenvalue weighted by atomic mass is 9.84. The number of halogens is 1. The lowest BCUT2D eigenvalue weighted by molar-refractivity contribution is -0.145. The molecule has 150 valence electrons. The molecule has 3 aliphatic rings. The molecule has 1 aromatic carbocycles. The molecule has 0 bridgehead atoms. The first kappa shape index (κ1) is 19.3. The summed E-state index contributed by atoms with van der Waals surface area (Å²) in [6.45, 7) is 1.93. The van der Waals surface area contributed by atoms with Gasteiger partial charge in [-0.05, 0) is 50.3 Å². The Morgan fingerprint density at radius 2 is 1.82 bits per heavy atom. The van der Waals surface area contributed by atoms with Crippen LogP contribution in [0.3, 0.4) is 0 Å². The molecule has 1 aliphatic carbocycles. The fraction of sp³-hybridized carbons (Fsp3) is 0.524. The normalized spacial score (nSPS) is 22.6. The Hall–Kier alpha value is -2.02. The summed E-state index contributed by atoms with van der Waals surface area (Å²) in [6.07, 6.45) is 6.51. The Morgan fingerprint density at radius 1 is 1.14 bits per heavy atom. The molecule has 0 spiro atoms. The summed E-state index contributed by atoms with van der Waals surface area (Å²) >= 11 is 3.57. The third kappa shape index (κ3) is 3.90. The minimum absolute atomic E-state index is 0.0474. The van der Waals surface area contributed by atoms with Crippen LogP contribution in [0.4, 0.5) is 0 Å². The van der Waals surface area contributed by atoms with Crippen molar-refractivity contribution in [2.45, 2.75) is 63.9 Å². The average molecular weight is 450 g/mol. The van der Waals surface area contributed by atoms with E-state index in [2.05, 4.69) is 21.2 Å². The molecule has 4 rings (SSSR count). The van der Waals surface area contributed by atoms with E-state index < -0.39 is 5.92 Å². The van der Waals surface area contributed by atoms with Gasteiger partial charge in [0.1, 0.15) is 6.10 Å². The van der Waals surface area contributed by atoms with Crippen LogP contribution < -0.4 is 14.8 Å². The van der Waals surface area contributed by atoms with Crippen LogP contribution in [0, 0.1) is 0 Å². The van der Waals surface area contributed by atoms with Gasteiger partial charge < -0.3 is 19.5 Å². The number of amides is 1. The van der Waals surface area contributed by atoms with Gasteiger partial charge in [-0.25, -0.2) is 4.79 Å². The number of carbonyl (C=O) groups excluding carboxylic acids is 2. The van der Waals surface area contributed by atoms with Crippen LogP contribution >= 0.6 is 15.9 Å². The first-order valence-electron chi connectivity index (χ1n) is 9.83. The molecule has 2 heterocycles. The number of ether oxygens (including phenoxy) is 3. The Kier molecular flexibility index (Phi) is 5.62. The van der Waals surface area contributed by atoms with Gasteiger partial charge in [0.2, 0.25) is 12.7 Å². The van der Waals surface area contributed by atoms with Crippen molar-refractivity contribution in [1.82, 2.24) is 5.32 Å². The second kappa shape index (κ2) is 8.15. The van der Waals surface area contributed by atoms with Crippen LogP contribution in [-0.4, -0.2) is 24.8 Å². The number of hydrogen-bond acceptors (Lipinski definition) is 5. The molecule has 2 aliphatic heterocycles. The molecule has 28 heavy (non-hydrogen) atoms. The summed E-state index contributed by atoms with van der Waals surface area (Å²) in [5, 5.41) is 2.80. The maximum Gasteiger partial charge on any atom is 0.336 e. The van der Waals surface area contributed by atoms with Crippen molar-refractivity contribution >= 4 is 27.8 Å². The highest BCUT2D eigenvalue weighted by molar-refractivity contribution is 9.10. The second-order valence-electron chi connectivity index (χ2n) is 7.59. The highest BCUT2D eigenvalue weighted by atomic mass is 79.9. The average Bonchev–Trinajstić information content (AvgIpc) is 2.94. The van der Waals surface area contributed by atoms with E-state index in [9.17, 15) is 9.59 Å². The molecule has 1 saturated carbocycles. The van der Waals surface area contributed by atoms with Crippen molar-refractivity contribution in [3.05, 3.63) is 33.4 Å². The molecule has 0 aromatic heterocycles. The zero-order valence-corrected chi connectivity index (χ0v) is 17.5. The van der Waals surface area contributed by atoms with Gasteiger partial charge >= 0.3 is 5.97 Å². The summed E-state index contributed by atoms with van der Waals surface area (Å²) < 4.78 is 17.6. The minimum atomic E-state index is -0.393. The topological polar surface area (TPSA) is 73.9 Å². The number of esters is 1. The standard InChI is InChI=1S/C21H24BrNO5/c1-12-20(21(25)28-13-6-4-2-3-5-7-13)15(9-19(24)23-12)14-8-17-18(10-16(14)22)27-11-26-17/h8,10,13,15H,2-7,9,11H2,1H3,(H,23,24)/t15-/m1/s1. The van der Waals surface area contributed by atoms with Crippen molar-refractivity contribution in [3.8, 4) is 11.5 Å². The fourth-order valence-corrected chi connectivity index (χ4v) is 4.81. The molecule has 1 aromatic rings. The Balaban J connectivity index is 1.64. The Morgan fingerprint density at radius 3 is 2.54 bits per heavy atom. The van der Waals surface area contributed by atoms with Crippen molar-refractivity contribution < 1.29 is 23.8 Å². The summed E-state index contributed by atoms with van der Waals surface area (Å²) in [7, 11) is 0. The van der Waals surface area contributed by atoms with Gasteiger partial charge in [-0.1, -0.05) is 28.8 Å². The maximum atomic E-state index is 13.1. The van der Waals surface area contributed by atoms with Crippen molar-refractivity contribution in [2.24, 2.45) is 0 Å². The zero-order valence-electron chi connectivity index (χ0n) is 15.9.